The van der Waals surface area contributed by atoms with E-state index >= 15 is 0 Å². The molecule has 1 aromatic carbocycles. The number of carbonyl (C=O) groups excluding carboxylic acids is 2. The number of aliphatic hydroxyl groups excluding tert-OH is 1. The standard InChI is InChI=1S/C19H21NO5/c1-3-4-10-20-17-11(2)12(8-9-15(17)25-19(20)24)18(23)16-13(21)6-5-7-14(16)22/h8-9,23H,3-7,10H2,1-2H3. The fourth-order valence-electron chi connectivity index (χ4n) is 3.32. The number of unbranched alkanes of at least 4 members (excludes halogenated alkanes) is 1. The van der Waals surface area contributed by atoms with Crippen molar-refractivity contribution in [3.8, 4) is 0 Å². The van der Waals surface area contributed by atoms with Gasteiger partial charge in [0, 0.05) is 24.9 Å². The molecule has 1 aliphatic rings. The SMILES string of the molecule is CCCCn1c(=O)oc2ccc(C(O)=C3C(=O)CCCC3=O)c(C)c21. The summed E-state index contributed by atoms with van der Waals surface area (Å²) in [5.41, 5.74) is 1.91. The van der Waals surface area contributed by atoms with E-state index in [1.807, 2.05) is 6.92 Å². The maximum atomic E-state index is 12.1. The first-order chi connectivity index (χ1) is 12.0. The van der Waals surface area contributed by atoms with E-state index in [4.69, 9.17) is 4.42 Å². The second kappa shape index (κ2) is 6.70. The molecular weight excluding hydrogens is 322 g/mol. The fraction of sp³-hybridized carbons (Fsp3) is 0.421. The molecular formula is C19H21NO5. The van der Waals surface area contributed by atoms with Gasteiger partial charge in [-0.3, -0.25) is 14.2 Å². The van der Waals surface area contributed by atoms with Gasteiger partial charge in [0.1, 0.15) is 11.3 Å². The zero-order valence-corrected chi connectivity index (χ0v) is 14.4. The number of rotatable bonds is 4. The van der Waals surface area contributed by atoms with E-state index < -0.39 is 5.76 Å². The number of carbonyl (C=O) groups is 2. The molecule has 132 valence electrons. The van der Waals surface area contributed by atoms with Crippen LogP contribution < -0.4 is 5.76 Å². The summed E-state index contributed by atoms with van der Waals surface area (Å²) < 4.78 is 6.82. The Labute approximate surface area is 144 Å². The number of benzene rings is 1. The lowest BCUT2D eigenvalue weighted by Gasteiger charge is -2.15. The average molecular weight is 343 g/mol. The number of hydrogen-bond donors (Lipinski definition) is 1. The highest BCUT2D eigenvalue weighted by atomic mass is 16.4. The van der Waals surface area contributed by atoms with Crippen LogP contribution in [0.3, 0.4) is 0 Å². The number of hydrogen-bond acceptors (Lipinski definition) is 5. The summed E-state index contributed by atoms with van der Waals surface area (Å²) in [6.45, 7) is 4.30. The summed E-state index contributed by atoms with van der Waals surface area (Å²) in [4.78, 5) is 36.3. The first-order valence-corrected chi connectivity index (χ1v) is 8.58. The lowest BCUT2D eigenvalue weighted by molar-refractivity contribution is -0.123. The molecule has 0 bridgehead atoms. The number of Topliss-reactive ketones (excluding diaryl/α,β-unsaturated/α-hetero) is 2. The maximum absolute atomic E-state index is 12.1. The van der Waals surface area contributed by atoms with Crippen LogP contribution in [0.4, 0.5) is 0 Å². The molecule has 1 saturated carbocycles. The highest BCUT2D eigenvalue weighted by molar-refractivity contribution is 6.25. The zero-order chi connectivity index (χ0) is 18.1. The number of allylic oxidation sites excluding steroid dienone is 1. The molecule has 1 aliphatic carbocycles. The van der Waals surface area contributed by atoms with Crippen LogP contribution in [0.15, 0.2) is 26.9 Å². The van der Waals surface area contributed by atoms with Crippen molar-refractivity contribution in [3.05, 3.63) is 39.4 Å². The number of nitrogens with zero attached hydrogens (tertiary/aromatic N) is 1. The molecule has 2 aromatic rings. The van der Waals surface area contributed by atoms with E-state index in [1.165, 1.54) is 0 Å². The van der Waals surface area contributed by atoms with Gasteiger partial charge in [-0.25, -0.2) is 4.79 Å². The summed E-state index contributed by atoms with van der Waals surface area (Å²) in [5, 5.41) is 10.6. The molecule has 0 saturated heterocycles. The molecule has 0 amide bonds. The Morgan fingerprint density at radius 2 is 1.88 bits per heavy atom. The van der Waals surface area contributed by atoms with E-state index in [0.717, 1.165) is 12.8 Å². The minimum Gasteiger partial charge on any atom is -0.506 e. The topological polar surface area (TPSA) is 89.5 Å². The smallest absolute Gasteiger partial charge is 0.419 e. The van der Waals surface area contributed by atoms with Gasteiger partial charge in [0.2, 0.25) is 0 Å². The number of oxazole rings is 1. The third-order valence-corrected chi connectivity index (χ3v) is 4.67. The van der Waals surface area contributed by atoms with Crippen molar-refractivity contribution in [2.24, 2.45) is 0 Å². The lowest BCUT2D eigenvalue weighted by atomic mass is 9.89. The largest absolute Gasteiger partial charge is 0.506 e. The molecule has 0 unspecified atom stereocenters. The van der Waals surface area contributed by atoms with Crippen LogP contribution >= 0.6 is 0 Å². The number of ketones is 2. The summed E-state index contributed by atoms with van der Waals surface area (Å²) in [6.07, 6.45) is 2.79. The quantitative estimate of drug-likeness (QED) is 0.523. The van der Waals surface area contributed by atoms with Crippen LogP contribution in [-0.4, -0.2) is 21.2 Å². The molecule has 0 aliphatic heterocycles. The Morgan fingerprint density at radius 1 is 1.20 bits per heavy atom. The lowest BCUT2D eigenvalue weighted by Crippen LogP contribution is -2.20. The summed E-state index contributed by atoms with van der Waals surface area (Å²) in [6, 6.07) is 3.18. The Balaban J connectivity index is 2.20. The molecule has 0 atom stereocenters. The van der Waals surface area contributed by atoms with Gasteiger partial charge in [-0.2, -0.15) is 0 Å². The molecule has 6 nitrogen and oxygen atoms in total. The van der Waals surface area contributed by atoms with E-state index in [0.29, 0.717) is 35.2 Å². The fourth-order valence-corrected chi connectivity index (χ4v) is 3.32. The second-order valence-electron chi connectivity index (χ2n) is 6.38. The van der Waals surface area contributed by atoms with Crippen LogP contribution in [-0.2, 0) is 16.1 Å². The molecule has 1 N–H and O–H groups in total. The minimum atomic E-state index is -0.444. The minimum absolute atomic E-state index is 0.125. The number of aromatic nitrogens is 1. The van der Waals surface area contributed by atoms with E-state index in [-0.39, 0.29) is 35.7 Å². The Kier molecular flexibility index (Phi) is 4.61. The summed E-state index contributed by atoms with van der Waals surface area (Å²) in [5.74, 6) is -1.40. The number of fused-ring (bicyclic) bond motifs is 1. The van der Waals surface area contributed by atoms with E-state index in [1.54, 1.807) is 23.6 Å². The van der Waals surface area contributed by atoms with Gasteiger partial charge in [0.05, 0.1) is 5.52 Å². The van der Waals surface area contributed by atoms with Crippen LogP contribution in [0.5, 0.6) is 0 Å². The summed E-state index contributed by atoms with van der Waals surface area (Å²) in [7, 11) is 0. The predicted octanol–water partition coefficient (Wildman–Crippen LogP) is 3.29. The van der Waals surface area contributed by atoms with Gasteiger partial charge in [-0.1, -0.05) is 13.3 Å². The van der Waals surface area contributed by atoms with Crippen molar-refractivity contribution < 1.29 is 19.1 Å². The Hall–Kier alpha value is -2.63. The predicted molar refractivity (Wildman–Crippen MR) is 93.5 cm³/mol. The third kappa shape index (κ3) is 2.92. The molecule has 0 spiro atoms. The number of aliphatic hydroxyl groups is 1. The summed E-state index contributed by atoms with van der Waals surface area (Å²) >= 11 is 0. The third-order valence-electron chi connectivity index (χ3n) is 4.67. The normalized spacial score (nSPS) is 15.2. The Morgan fingerprint density at radius 3 is 2.52 bits per heavy atom. The van der Waals surface area contributed by atoms with E-state index in [9.17, 15) is 19.5 Å². The van der Waals surface area contributed by atoms with Crippen LogP contribution in [0, 0.1) is 6.92 Å². The van der Waals surface area contributed by atoms with Gasteiger partial charge < -0.3 is 9.52 Å². The highest BCUT2D eigenvalue weighted by Crippen LogP contribution is 2.30. The van der Waals surface area contributed by atoms with E-state index in [2.05, 4.69) is 0 Å². The van der Waals surface area contributed by atoms with Gasteiger partial charge in [0.25, 0.3) is 0 Å². The first kappa shape index (κ1) is 17.2. The van der Waals surface area contributed by atoms with Crippen molar-refractivity contribution in [2.45, 2.75) is 52.5 Å². The number of aryl methyl sites for hydroxylation is 2. The van der Waals surface area contributed by atoms with Crippen molar-refractivity contribution in [3.63, 3.8) is 0 Å². The van der Waals surface area contributed by atoms with Crippen molar-refractivity contribution in [1.82, 2.24) is 4.57 Å². The molecule has 1 heterocycles. The molecule has 25 heavy (non-hydrogen) atoms. The van der Waals surface area contributed by atoms with Crippen molar-refractivity contribution in [1.29, 1.82) is 0 Å². The van der Waals surface area contributed by atoms with Gasteiger partial charge in [-0.15, -0.1) is 0 Å². The maximum Gasteiger partial charge on any atom is 0.419 e. The van der Waals surface area contributed by atoms with Gasteiger partial charge in [0.15, 0.2) is 17.1 Å². The monoisotopic (exact) mass is 343 g/mol. The molecule has 1 aromatic heterocycles. The molecule has 0 radical (unpaired) electrons. The second-order valence-corrected chi connectivity index (χ2v) is 6.38. The average Bonchev–Trinajstić information content (AvgIpc) is 2.89. The molecule has 1 fully saturated rings. The molecule has 6 heteroatoms. The first-order valence-electron chi connectivity index (χ1n) is 8.58. The van der Waals surface area contributed by atoms with Crippen molar-refractivity contribution in [2.75, 3.05) is 0 Å². The molecule has 3 rings (SSSR count). The zero-order valence-electron chi connectivity index (χ0n) is 14.4. The van der Waals surface area contributed by atoms with Crippen LogP contribution in [0.1, 0.15) is 50.2 Å². The van der Waals surface area contributed by atoms with Crippen LogP contribution in [0.25, 0.3) is 16.9 Å². The van der Waals surface area contributed by atoms with Gasteiger partial charge >= 0.3 is 5.76 Å². The highest BCUT2D eigenvalue weighted by Gasteiger charge is 2.28. The van der Waals surface area contributed by atoms with Crippen molar-refractivity contribution >= 4 is 28.4 Å². The Bertz CT molecular complexity index is 927. The van der Waals surface area contributed by atoms with Gasteiger partial charge in [-0.05, 0) is 37.5 Å². The van der Waals surface area contributed by atoms with Crippen LogP contribution in [0.2, 0.25) is 0 Å².